The molecule has 3 heterocycles. The van der Waals surface area contributed by atoms with Crippen molar-refractivity contribution in [3.05, 3.63) is 56.7 Å². The first-order valence-electron chi connectivity index (χ1n) is 10.2. The van der Waals surface area contributed by atoms with Gasteiger partial charge in [0.15, 0.2) is 5.16 Å². The summed E-state index contributed by atoms with van der Waals surface area (Å²) in [5, 5.41) is 1.73. The minimum absolute atomic E-state index is 0.135. The number of fused-ring (bicyclic) bond motifs is 3. The summed E-state index contributed by atoms with van der Waals surface area (Å²) in [6.45, 7) is 8.01. The molecule has 1 aliphatic rings. The second kappa shape index (κ2) is 8.80. The van der Waals surface area contributed by atoms with E-state index < -0.39 is 0 Å². The molecule has 0 N–H and O–H groups in total. The first kappa shape index (κ1) is 19.7. The third kappa shape index (κ3) is 3.91. The first-order chi connectivity index (χ1) is 13.7. The molecule has 4 nitrogen and oxygen atoms in total. The molecule has 0 radical (unpaired) electrons. The van der Waals surface area contributed by atoms with Crippen LogP contribution >= 0.6 is 23.1 Å². The number of benzene rings is 1. The van der Waals surface area contributed by atoms with Gasteiger partial charge in [0.25, 0.3) is 5.56 Å². The van der Waals surface area contributed by atoms with Crippen molar-refractivity contribution in [2.45, 2.75) is 51.4 Å². The van der Waals surface area contributed by atoms with Crippen LogP contribution in [0.2, 0.25) is 0 Å². The Balaban J connectivity index is 1.80. The molecule has 0 fully saturated rings. The number of nitrogens with zero attached hydrogens (tertiary/aromatic N) is 3. The van der Waals surface area contributed by atoms with Gasteiger partial charge >= 0.3 is 0 Å². The third-order valence-electron chi connectivity index (χ3n) is 5.36. The number of rotatable bonds is 7. The molecule has 0 unspecified atom stereocenters. The van der Waals surface area contributed by atoms with Crippen molar-refractivity contribution in [1.29, 1.82) is 0 Å². The van der Waals surface area contributed by atoms with Crippen LogP contribution in [0.3, 0.4) is 0 Å². The Morgan fingerprint density at radius 3 is 2.79 bits per heavy atom. The first-order valence-corrected chi connectivity index (χ1v) is 12.0. The molecule has 0 amide bonds. The van der Waals surface area contributed by atoms with Crippen LogP contribution in [0.1, 0.15) is 42.7 Å². The highest BCUT2D eigenvalue weighted by atomic mass is 32.2. The van der Waals surface area contributed by atoms with Gasteiger partial charge in [-0.2, -0.15) is 0 Å². The van der Waals surface area contributed by atoms with Crippen LogP contribution in [0.15, 0.2) is 40.3 Å². The fourth-order valence-corrected chi connectivity index (χ4v) is 6.09. The number of unbranched alkanes of at least 4 members (excludes halogenated alkanes) is 1. The van der Waals surface area contributed by atoms with E-state index >= 15 is 0 Å². The van der Waals surface area contributed by atoms with Gasteiger partial charge in [-0.1, -0.05) is 62.4 Å². The van der Waals surface area contributed by atoms with Crippen molar-refractivity contribution in [3.8, 4) is 0 Å². The molecule has 0 bridgehead atoms. The van der Waals surface area contributed by atoms with E-state index in [1.54, 1.807) is 23.1 Å². The van der Waals surface area contributed by atoms with Gasteiger partial charge in [-0.15, -0.1) is 11.3 Å². The molecule has 0 saturated carbocycles. The fourth-order valence-electron chi connectivity index (χ4n) is 3.70. The fraction of sp³-hybridized carbons (Fsp3) is 0.455. The van der Waals surface area contributed by atoms with Crippen LogP contribution in [-0.4, -0.2) is 33.3 Å². The second-order valence-corrected chi connectivity index (χ2v) is 9.42. The Bertz CT molecular complexity index is 1010. The predicted octanol–water partition coefficient (Wildman–Crippen LogP) is 4.78. The van der Waals surface area contributed by atoms with Crippen LogP contribution in [0, 0.1) is 0 Å². The van der Waals surface area contributed by atoms with Crippen molar-refractivity contribution in [2.24, 2.45) is 0 Å². The smallest absolute Gasteiger partial charge is 0.263 e. The quantitative estimate of drug-likeness (QED) is 0.317. The lowest BCUT2D eigenvalue weighted by Crippen LogP contribution is -2.30. The van der Waals surface area contributed by atoms with Gasteiger partial charge in [0.1, 0.15) is 4.83 Å². The maximum Gasteiger partial charge on any atom is 0.263 e. The lowest BCUT2D eigenvalue weighted by Gasteiger charge is -2.25. The minimum atomic E-state index is 0.135. The largest absolute Gasteiger partial charge is 0.298 e. The van der Waals surface area contributed by atoms with Crippen molar-refractivity contribution in [1.82, 2.24) is 14.5 Å². The molecular formula is C22H27N3OS2. The molecule has 148 valence electrons. The number of likely N-dealkylation sites (N-methyl/N-ethyl adjacent to an activating group) is 1. The van der Waals surface area contributed by atoms with E-state index in [9.17, 15) is 4.79 Å². The zero-order valence-corrected chi connectivity index (χ0v) is 18.2. The van der Waals surface area contributed by atoms with Crippen molar-refractivity contribution < 1.29 is 0 Å². The van der Waals surface area contributed by atoms with Gasteiger partial charge < -0.3 is 0 Å². The van der Waals surface area contributed by atoms with Crippen LogP contribution in [0.5, 0.6) is 0 Å². The molecule has 28 heavy (non-hydrogen) atoms. The molecule has 0 spiro atoms. The molecule has 3 aromatic rings. The Kier molecular flexibility index (Phi) is 6.19. The van der Waals surface area contributed by atoms with E-state index in [4.69, 9.17) is 4.98 Å². The molecule has 0 atom stereocenters. The van der Waals surface area contributed by atoms with Gasteiger partial charge in [-0.25, -0.2) is 4.98 Å². The van der Waals surface area contributed by atoms with Gasteiger partial charge in [0, 0.05) is 23.7 Å². The molecule has 0 aliphatic carbocycles. The maximum atomic E-state index is 13.6. The summed E-state index contributed by atoms with van der Waals surface area (Å²) in [6, 6.07) is 10.2. The summed E-state index contributed by atoms with van der Waals surface area (Å²) in [4.78, 5) is 23.3. The topological polar surface area (TPSA) is 38.1 Å². The summed E-state index contributed by atoms with van der Waals surface area (Å²) in [5.41, 5.74) is 2.52. The van der Waals surface area contributed by atoms with Crippen molar-refractivity contribution in [2.75, 3.05) is 18.8 Å². The van der Waals surface area contributed by atoms with Crippen LogP contribution < -0.4 is 5.56 Å². The average molecular weight is 414 g/mol. The van der Waals surface area contributed by atoms with Gasteiger partial charge in [0.05, 0.1) is 11.9 Å². The lowest BCUT2D eigenvalue weighted by molar-refractivity contribution is 0.272. The Labute approximate surface area is 174 Å². The molecule has 0 saturated heterocycles. The van der Waals surface area contributed by atoms with E-state index in [-0.39, 0.29) is 5.56 Å². The van der Waals surface area contributed by atoms with Gasteiger partial charge in [-0.05, 0) is 30.5 Å². The monoisotopic (exact) mass is 413 g/mol. The van der Waals surface area contributed by atoms with Crippen molar-refractivity contribution in [3.63, 3.8) is 0 Å². The Hall–Kier alpha value is -1.63. The Morgan fingerprint density at radius 2 is 2.04 bits per heavy atom. The normalized spacial score (nSPS) is 14.5. The van der Waals surface area contributed by atoms with Crippen molar-refractivity contribution >= 4 is 33.3 Å². The van der Waals surface area contributed by atoms with Crippen LogP contribution in [-0.2, 0) is 19.5 Å². The Morgan fingerprint density at radius 1 is 1.21 bits per heavy atom. The predicted molar refractivity (Wildman–Crippen MR) is 120 cm³/mol. The van der Waals surface area contributed by atoms with Gasteiger partial charge in [-0.3, -0.25) is 14.3 Å². The van der Waals surface area contributed by atoms with Crippen LogP contribution in [0.4, 0.5) is 0 Å². The SMILES string of the molecule is CCCCSc1nc2sc3c(c2c(=O)n1Cc1ccccc1)CCN(CC)C3. The van der Waals surface area contributed by atoms with E-state index in [0.717, 1.165) is 65.6 Å². The highest BCUT2D eigenvalue weighted by Gasteiger charge is 2.24. The zero-order valence-electron chi connectivity index (χ0n) is 16.6. The summed E-state index contributed by atoms with van der Waals surface area (Å²) >= 11 is 3.44. The van der Waals surface area contributed by atoms with Gasteiger partial charge in [0.2, 0.25) is 0 Å². The number of aromatic nitrogens is 2. The molecule has 1 aromatic carbocycles. The molecule has 4 rings (SSSR count). The van der Waals surface area contributed by atoms with E-state index in [1.807, 2.05) is 22.8 Å². The van der Waals surface area contributed by atoms with E-state index in [2.05, 4.69) is 30.9 Å². The number of thioether (sulfide) groups is 1. The van der Waals surface area contributed by atoms with Crippen LogP contribution in [0.25, 0.3) is 10.2 Å². The molecule has 2 aromatic heterocycles. The zero-order chi connectivity index (χ0) is 19.5. The highest BCUT2D eigenvalue weighted by molar-refractivity contribution is 7.99. The molecular weight excluding hydrogens is 386 g/mol. The summed E-state index contributed by atoms with van der Waals surface area (Å²) in [7, 11) is 0. The molecule has 6 heteroatoms. The molecule has 1 aliphatic heterocycles. The lowest BCUT2D eigenvalue weighted by atomic mass is 10.1. The minimum Gasteiger partial charge on any atom is -0.298 e. The summed E-state index contributed by atoms with van der Waals surface area (Å²) < 4.78 is 1.90. The summed E-state index contributed by atoms with van der Waals surface area (Å²) in [5.74, 6) is 0.998. The standard InChI is InChI=1S/C22H27N3OS2/c1-3-5-13-27-22-23-20-19(17-11-12-24(4-2)15-18(17)28-20)21(26)25(22)14-16-9-7-6-8-10-16/h6-10H,3-5,11-15H2,1-2H3. The third-order valence-corrected chi connectivity index (χ3v) is 7.54. The highest BCUT2D eigenvalue weighted by Crippen LogP contribution is 2.33. The second-order valence-electron chi connectivity index (χ2n) is 7.28. The number of hydrogen-bond acceptors (Lipinski definition) is 5. The number of hydrogen-bond donors (Lipinski definition) is 0. The number of thiophene rings is 1. The van der Waals surface area contributed by atoms with E-state index in [1.165, 1.54) is 10.4 Å². The average Bonchev–Trinajstić information content (AvgIpc) is 3.09. The summed E-state index contributed by atoms with van der Waals surface area (Å²) in [6.07, 6.45) is 3.24. The van der Waals surface area contributed by atoms with E-state index in [0.29, 0.717) is 6.54 Å². The maximum absolute atomic E-state index is 13.6.